The van der Waals surface area contributed by atoms with Gasteiger partial charge in [0.05, 0.1) is 5.56 Å². The summed E-state index contributed by atoms with van der Waals surface area (Å²) < 4.78 is 37.1. The highest BCUT2D eigenvalue weighted by molar-refractivity contribution is 7.84. The molecule has 0 radical (unpaired) electrons. The molecule has 0 aromatic heterocycles. The maximum Gasteiger partial charge on any atom is 0.254 e. The number of rotatable bonds is 4. The summed E-state index contributed by atoms with van der Waals surface area (Å²) in [7, 11) is -1.06. The van der Waals surface area contributed by atoms with Crippen LogP contribution in [0.15, 0.2) is 18.2 Å². The Morgan fingerprint density at radius 1 is 1.47 bits per heavy atom. The summed E-state index contributed by atoms with van der Waals surface area (Å²) in [6.07, 6.45) is 1.51. The van der Waals surface area contributed by atoms with Gasteiger partial charge in [0.15, 0.2) is 11.6 Å². The lowest BCUT2D eigenvalue weighted by Gasteiger charge is -2.12. The monoisotopic (exact) mass is 261 g/mol. The number of halogens is 2. The number of amides is 1. The van der Waals surface area contributed by atoms with Crippen molar-refractivity contribution in [2.75, 3.05) is 12.0 Å². The van der Waals surface area contributed by atoms with Gasteiger partial charge in [-0.1, -0.05) is 6.07 Å². The summed E-state index contributed by atoms with van der Waals surface area (Å²) in [4.78, 5) is 11.6. The van der Waals surface area contributed by atoms with Crippen LogP contribution in [0, 0.1) is 11.6 Å². The first-order chi connectivity index (χ1) is 7.91. The molecule has 0 fully saturated rings. The molecule has 94 valence electrons. The molecular formula is C11H13F2NO2S. The highest BCUT2D eigenvalue weighted by Crippen LogP contribution is 2.11. The van der Waals surface area contributed by atoms with E-state index in [9.17, 15) is 17.8 Å². The van der Waals surface area contributed by atoms with E-state index in [1.165, 1.54) is 18.4 Å². The Balaban J connectivity index is 2.77. The van der Waals surface area contributed by atoms with E-state index in [2.05, 4.69) is 5.32 Å². The lowest BCUT2D eigenvalue weighted by atomic mass is 10.2. The Labute approximate surface area is 101 Å². The van der Waals surface area contributed by atoms with E-state index in [0.29, 0.717) is 0 Å². The van der Waals surface area contributed by atoms with Crippen LogP contribution in [0.5, 0.6) is 0 Å². The summed E-state index contributed by atoms with van der Waals surface area (Å²) in [5.74, 6) is -2.68. The number of carbonyl (C=O) groups excluding carboxylic acids is 1. The third-order valence-corrected chi connectivity index (χ3v) is 3.03. The normalized spacial score (nSPS) is 14.1. The second-order valence-electron chi connectivity index (χ2n) is 3.72. The third kappa shape index (κ3) is 3.89. The molecule has 0 spiro atoms. The molecule has 0 heterocycles. The zero-order chi connectivity index (χ0) is 13.0. The van der Waals surface area contributed by atoms with Crippen LogP contribution in [-0.2, 0) is 10.8 Å². The molecule has 1 rings (SSSR count). The summed E-state index contributed by atoms with van der Waals surface area (Å²) in [6, 6.07) is 3.03. The van der Waals surface area contributed by atoms with Crippen LogP contribution in [0.1, 0.15) is 17.3 Å². The fourth-order valence-corrected chi connectivity index (χ4v) is 2.16. The quantitative estimate of drug-likeness (QED) is 0.892. The fraction of sp³-hybridized carbons (Fsp3) is 0.364. The maximum atomic E-state index is 13.3. The van der Waals surface area contributed by atoms with E-state index in [4.69, 9.17) is 0 Å². The lowest BCUT2D eigenvalue weighted by molar-refractivity contribution is 0.0938. The molecule has 0 saturated carbocycles. The number of benzene rings is 1. The molecule has 0 aliphatic rings. The van der Waals surface area contributed by atoms with Crippen molar-refractivity contribution in [3.8, 4) is 0 Å². The van der Waals surface area contributed by atoms with Crippen LogP contribution in [0.4, 0.5) is 8.78 Å². The average Bonchev–Trinajstić information content (AvgIpc) is 2.20. The Hall–Kier alpha value is -1.30. The Morgan fingerprint density at radius 3 is 2.71 bits per heavy atom. The molecule has 17 heavy (non-hydrogen) atoms. The van der Waals surface area contributed by atoms with Crippen molar-refractivity contribution in [1.82, 2.24) is 5.32 Å². The van der Waals surface area contributed by atoms with E-state index in [1.807, 2.05) is 0 Å². The van der Waals surface area contributed by atoms with Crippen molar-refractivity contribution in [3.05, 3.63) is 35.4 Å². The van der Waals surface area contributed by atoms with Gasteiger partial charge in [0.1, 0.15) is 0 Å². The van der Waals surface area contributed by atoms with E-state index < -0.39 is 28.3 Å². The Bertz CT molecular complexity index is 451. The number of hydrogen-bond acceptors (Lipinski definition) is 2. The maximum absolute atomic E-state index is 13.3. The van der Waals surface area contributed by atoms with E-state index in [0.717, 1.165) is 6.07 Å². The minimum absolute atomic E-state index is 0.267. The van der Waals surface area contributed by atoms with Gasteiger partial charge in [-0.25, -0.2) is 8.78 Å². The average molecular weight is 261 g/mol. The van der Waals surface area contributed by atoms with Crippen molar-refractivity contribution >= 4 is 16.7 Å². The summed E-state index contributed by atoms with van der Waals surface area (Å²) in [5.41, 5.74) is -0.348. The van der Waals surface area contributed by atoms with Crippen molar-refractivity contribution in [2.24, 2.45) is 0 Å². The second-order valence-corrected chi connectivity index (χ2v) is 5.20. The van der Waals surface area contributed by atoms with Gasteiger partial charge in [-0.15, -0.1) is 0 Å². The van der Waals surface area contributed by atoms with Crippen molar-refractivity contribution in [2.45, 2.75) is 13.0 Å². The minimum atomic E-state index is -1.17. The molecule has 3 nitrogen and oxygen atoms in total. The van der Waals surface area contributed by atoms with Crippen LogP contribution in [-0.4, -0.2) is 28.2 Å². The summed E-state index contributed by atoms with van der Waals surface area (Å²) in [6.45, 7) is 1.65. The molecule has 0 aliphatic heterocycles. The van der Waals surface area contributed by atoms with E-state index in [1.54, 1.807) is 6.92 Å². The predicted molar refractivity (Wildman–Crippen MR) is 62.2 cm³/mol. The van der Waals surface area contributed by atoms with Gasteiger partial charge < -0.3 is 5.32 Å². The van der Waals surface area contributed by atoms with Crippen LogP contribution >= 0.6 is 0 Å². The van der Waals surface area contributed by atoms with Gasteiger partial charge in [-0.2, -0.15) is 0 Å². The Morgan fingerprint density at radius 2 is 2.12 bits per heavy atom. The largest absolute Gasteiger partial charge is 0.349 e. The molecule has 0 saturated heterocycles. The fourth-order valence-electron chi connectivity index (χ4n) is 1.37. The Kier molecular flexibility index (Phi) is 4.74. The van der Waals surface area contributed by atoms with Crippen molar-refractivity contribution in [1.29, 1.82) is 0 Å². The molecule has 1 amide bonds. The first-order valence-corrected chi connectivity index (χ1v) is 6.69. The van der Waals surface area contributed by atoms with Crippen LogP contribution in [0.25, 0.3) is 0 Å². The van der Waals surface area contributed by atoms with Crippen LogP contribution < -0.4 is 5.32 Å². The smallest absolute Gasteiger partial charge is 0.254 e. The standard InChI is InChI=1S/C11H13F2NO2S/c1-7(6-17(2)16)14-11(15)8-4-3-5-9(12)10(8)13/h3-5,7H,6H2,1-2H3,(H,14,15). The topological polar surface area (TPSA) is 46.2 Å². The van der Waals surface area contributed by atoms with Gasteiger partial charge >= 0.3 is 0 Å². The zero-order valence-electron chi connectivity index (χ0n) is 9.50. The minimum Gasteiger partial charge on any atom is -0.349 e. The SMILES string of the molecule is CC(CS(C)=O)NC(=O)c1cccc(F)c1F. The summed E-state index contributed by atoms with van der Waals surface area (Å²) in [5, 5.41) is 2.46. The first-order valence-electron chi connectivity index (χ1n) is 4.96. The molecular weight excluding hydrogens is 248 g/mol. The number of nitrogens with one attached hydrogen (secondary N) is 1. The third-order valence-electron chi connectivity index (χ3n) is 2.06. The first kappa shape index (κ1) is 13.8. The van der Waals surface area contributed by atoms with Gasteiger partial charge in [0.2, 0.25) is 0 Å². The highest BCUT2D eigenvalue weighted by Gasteiger charge is 2.16. The molecule has 6 heteroatoms. The number of hydrogen-bond donors (Lipinski definition) is 1. The molecule has 1 N–H and O–H groups in total. The van der Waals surface area contributed by atoms with E-state index in [-0.39, 0.29) is 17.4 Å². The van der Waals surface area contributed by atoms with Crippen LogP contribution in [0.3, 0.4) is 0 Å². The predicted octanol–water partition coefficient (Wildman–Crippen LogP) is 1.46. The zero-order valence-corrected chi connectivity index (χ0v) is 10.3. The molecule has 2 unspecified atom stereocenters. The summed E-state index contributed by atoms with van der Waals surface area (Å²) >= 11 is 0. The van der Waals surface area contributed by atoms with Crippen molar-refractivity contribution < 1.29 is 17.8 Å². The van der Waals surface area contributed by atoms with Gasteiger partial charge in [-0.05, 0) is 19.1 Å². The van der Waals surface area contributed by atoms with Crippen molar-refractivity contribution in [3.63, 3.8) is 0 Å². The molecule has 1 aromatic rings. The van der Waals surface area contributed by atoms with Gasteiger partial charge in [-0.3, -0.25) is 9.00 Å². The second kappa shape index (κ2) is 5.86. The molecule has 0 bridgehead atoms. The van der Waals surface area contributed by atoms with E-state index >= 15 is 0 Å². The van der Waals surface area contributed by atoms with Crippen LogP contribution in [0.2, 0.25) is 0 Å². The molecule has 0 aliphatic carbocycles. The number of carbonyl (C=O) groups is 1. The lowest BCUT2D eigenvalue weighted by Crippen LogP contribution is -2.36. The molecule has 1 aromatic carbocycles. The van der Waals surface area contributed by atoms with Gasteiger partial charge in [0.25, 0.3) is 5.91 Å². The molecule has 2 atom stereocenters. The van der Waals surface area contributed by atoms with Gasteiger partial charge in [0, 0.05) is 28.9 Å². The highest BCUT2D eigenvalue weighted by atomic mass is 32.2.